The Bertz CT molecular complexity index is 5310. The van der Waals surface area contributed by atoms with Gasteiger partial charge >= 0.3 is 72.4 Å². The number of anilines is 2. The third-order valence-electron chi connectivity index (χ3n) is 18.3. The monoisotopic (exact) mass is 2090 g/mol. The molecule has 0 aliphatic rings. The van der Waals surface area contributed by atoms with E-state index in [0.717, 1.165) is 9.80 Å². The first-order valence-electron chi connectivity index (χ1n) is 48.2. The zero-order valence-electron chi connectivity index (χ0n) is 89.6. The number of amides is 10. The van der Waals surface area contributed by atoms with Crippen molar-refractivity contribution in [1.82, 2.24) is 41.7 Å². The lowest BCUT2D eigenvalue weighted by molar-refractivity contribution is -0.157. The van der Waals surface area contributed by atoms with Gasteiger partial charge < -0.3 is 108 Å². The number of nitrogens with one attached hydrogen (secondary N) is 8. The molecule has 6 aromatic rings. The van der Waals surface area contributed by atoms with Crippen LogP contribution in [0.15, 0.2) is 156 Å². The molecule has 6 aromatic carbocycles. The molecule has 0 aliphatic heterocycles. The third kappa shape index (κ3) is 52.4. The molecule has 0 unspecified atom stereocenters. The minimum Gasteiger partial charge on any atom is -0.460 e. The second-order valence-electron chi connectivity index (χ2n) is 41.7. The van der Waals surface area contributed by atoms with E-state index >= 15 is 0 Å². The average Bonchev–Trinajstić information content (AvgIpc) is 0.841. The largest absolute Gasteiger partial charge is 0.460 e. The number of alkyl carbamates (subject to hydrolysis) is 2. The van der Waals surface area contributed by atoms with Crippen LogP contribution in [0.5, 0.6) is 11.5 Å². The number of aliphatic imine (C=N–C) groups is 2. The molecule has 0 fully saturated rings. The van der Waals surface area contributed by atoms with Gasteiger partial charge in [-0.25, -0.2) is 47.9 Å². The molecule has 150 heavy (non-hydrogen) atoms. The van der Waals surface area contributed by atoms with Crippen molar-refractivity contribution in [2.24, 2.45) is 9.98 Å². The molecule has 10 amide bonds. The van der Waals surface area contributed by atoms with Crippen LogP contribution in [-0.2, 0) is 121 Å². The number of benzene rings is 6. The van der Waals surface area contributed by atoms with E-state index < -0.39 is 179 Å². The molecule has 0 bridgehead atoms. The van der Waals surface area contributed by atoms with Crippen molar-refractivity contribution >= 4 is 119 Å². The molecular weight excluding hydrogens is 1950 g/mol. The molecule has 6 rings (SSSR count). The first kappa shape index (κ1) is 123. The van der Waals surface area contributed by atoms with Crippen LogP contribution in [0.1, 0.15) is 243 Å². The lowest BCUT2D eigenvalue weighted by Crippen LogP contribution is -2.51. The Labute approximate surface area is 872 Å². The van der Waals surface area contributed by atoms with Crippen molar-refractivity contribution < 1.29 is 153 Å². The van der Waals surface area contributed by atoms with Crippen molar-refractivity contribution in [2.75, 3.05) is 89.7 Å². The SMILES string of the molecule is CC(C)(C)OC(=O)C[C@H](NC(=O)CN(Cc1cccc(C(=O)OC(C)(C)C)c1)C(=O)OCc1ccc(OC(=O)c2ccc(NC(=NC(=O)OC(C)(C)C)NC(=O)OC(C)(C)C)cc2)cc1)C(=O)NCCOCCOCCOCCOCCNC(=O)[C@H](CC(=O)OC(C)(C)C)NC(=O)CN(Cc1cccc(C(=O)OC(C)(C)C)c1)C(=O)OCc1ccc(OC(=O)c2ccc(NC(=NC(=O)OC(C)(C)C)NC(=O)OC(C)(C)C)cc2)cc1. The van der Waals surface area contributed by atoms with E-state index in [1.165, 1.54) is 121 Å². The Morgan fingerprint density at radius 2 is 0.613 bits per heavy atom. The van der Waals surface area contributed by atoms with Gasteiger partial charge in [0.25, 0.3) is 0 Å². The molecule has 0 saturated carbocycles. The Balaban J connectivity index is 0.978. The number of rotatable bonds is 43. The molecule has 0 aromatic heterocycles. The van der Waals surface area contributed by atoms with Gasteiger partial charge in [-0.15, -0.1) is 9.98 Å². The predicted octanol–water partition coefficient (Wildman–Crippen LogP) is 14.2. The standard InChI is InChI=1S/C106H142N12O32/c1-99(2,3)143-83(121)59-79(111-81(119)63-117(61-69-27-25-29-73(57-69)89(127)145-101(7,8)9)97(133)139-65-67-31-43-77(44-32-67)141-87(125)71-35-39-75(40-36-71)109-91(113-93(129)147-103(13,14)15)114-94(130)148-104(16,17)18)85(123)107-47-49-135-51-53-137-55-56-138-54-52-136-50-48-108-86(124)80(60-84(122)144-100(4,5)6)112-82(120)64-118(62-70-28-26-30-74(58-70)90(128)146-102(10,11)12)98(134)140-66-68-33-45-78(46-34-68)142-88(126)72-37-41-76(42-38-72)110-92(115-95(131)149-105(19,20)21)116-96(132)150-106(22,23)24/h25-46,57-58,79-80H,47-56,59-66H2,1-24H3,(H,107,123)(H,108,124)(H,111,119)(H,112,120)(H2,109,113,114,129,130)(H2,110,115,116,131,132)/t79-,80-/m0/s1. The van der Waals surface area contributed by atoms with E-state index in [-0.39, 0.29) is 138 Å². The average molecular weight is 2100 g/mol. The van der Waals surface area contributed by atoms with Gasteiger partial charge in [0.05, 0.1) is 88.0 Å². The summed E-state index contributed by atoms with van der Waals surface area (Å²) in [4.78, 5) is 224. The summed E-state index contributed by atoms with van der Waals surface area (Å²) in [5, 5.41) is 20.8. The number of carbonyl (C=O) groups excluding carboxylic acids is 16. The lowest BCUT2D eigenvalue weighted by Gasteiger charge is -2.25. The van der Waals surface area contributed by atoms with Crippen LogP contribution >= 0.6 is 0 Å². The molecule has 44 nitrogen and oxygen atoms in total. The molecule has 0 saturated heterocycles. The fraction of sp³-hybridized carbons (Fsp3) is 0.491. The van der Waals surface area contributed by atoms with E-state index in [1.54, 1.807) is 190 Å². The van der Waals surface area contributed by atoms with Gasteiger partial charge in [-0.2, -0.15) is 0 Å². The van der Waals surface area contributed by atoms with Crippen molar-refractivity contribution in [3.8, 4) is 11.5 Å². The highest BCUT2D eigenvalue weighted by Gasteiger charge is 2.34. The second-order valence-corrected chi connectivity index (χ2v) is 41.7. The van der Waals surface area contributed by atoms with E-state index in [2.05, 4.69) is 52.5 Å². The highest BCUT2D eigenvalue weighted by atomic mass is 16.6. The topological polar surface area (TPSA) is 548 Å². The van der Waals surface area contributed by atoms with Crippen LogP contribution in [-0.4, -0.2) is 254 Å². The zero-order valence-corrected chi connectivity index (χ0v) is 89.6. The number of guanidine groups is 2. The zero-order chi connectivity index (χ0) is 112. The Hall–Kier alpha value is -15.2. The normalized spacial score (nSPS) is 12.4. The fourth-order valence-electron chi connectivity index (χ4n) is 12.4. The quantitative estimate of drug-likeness (QED) is 0.00440. The van der Waals surface area contributed by atoms with Crippen molar-refractivity contribution in [2.45, 2.75) is 262 Å². The van der Waals surface area contributed by atoms with Crippen LogP contribution < -0.4 is 52.0 Å². The van der Waals surface area contributed by atoms with Crippen molar-refractivity contribution in [3.63, 3.8) is 0 Å². The van der Waals surface area contributed by atoms with Gasteiger partial charge in [-0.1, -0.05) is 48.5 Å². The fourth-order valence-corrected chi connectivity index (χ4v) is 12.4. The van der Waals surface area contributed by atoms with Gasteiger partial charge in [-0.3, -0.25) is 49.2 Å². The first-order chi connectivity index (χ1) is 69.8. The molecule has 0 radical (unpaired) electrons. The van der Waals surface area contributed by atoms with Crippen LogP contribution in [0.3, 0.4) is 0 Å². The Morgan fingerprint density at radius 1 is 0.313 bits per heavy atom. The third-order valence-corrected chi connectivity index (χ3v) is 18.3. The van der Waals surface area contributed by atoms with Gasteiger partial charge in [0, 0.05) is 37.6 Å². The minimum absolute atomic E-state index is 0.0390. The summed E-state index contributed by atoms with van der Waals surface area (Å²) < 4.78 is 88.6. The maximum Gasteiger partial charge on any atom is 0.437 e. The van der Waals surface area contributed by atoms with Gasteiger partial charge in [-0.05, 0) is 285 Å². The number of ether oxygens (including phenoxy) is 16. The summed E-state index contributed by atoms with van der Waals surface area (Å²) in [6.45, 7) is 37.2. The van der Waals surface area contributed by atoms with E-state index in [0.29, 0.717) is 33.6 Å². The predicted molar refractivity (Wildman–Crippen MR) is 547 cm³/mol. The van der Waals surface area contributed by atoms with Crippen LogP contribution in [0, 0.1) is 0 Å². The molecule has 2 atom stereocenters. The van der Waals surface area contributed by atoms with E-state index in [1.807, 2.05) is 0 Å². The highest BCUT2D eigenvalue weighted by molar-refractivity contribution is 6.08. The summed E-state index contributed by atoms with van der Waals surface area (Å²) in [7, 11) is 0. The summed E-state index contributed by atoms with van der Waals surface area (Å²) in [5.74, 6) is -8.33. The molecule has 8 N–H and O–H groups in total. The minimum atomic E-state index is -1.53. The first-order valence-corrected chi connectivity index (χ1v) is 48.2. The van der Waals surface area contributed by atoms with E-state index in [4.69, 9.17) is 75.8 Å². The van der Waals surface area contributed by atoms with Gasteiger partial charge in [0.1, 0.15) is 94.7 Å². The molecule has 0 spiro atoms. The molecule has 0 heterocycles. The molecule has 0 aliphatic carbocycles. The lowest BCUT2D eigenvalue weighted by atomic mass is 10.1. The second kappa shape index (κ2) is 57.4. The number of nitrogens with zero attached hydrogens (tertiary/aromatic N) is 4. The highest BCUT2D eigenvalue weighted by Crippen LogP contribution is 2.26. The number of esters is 6. The smallest absolute Gasteiger partial charge is 0.437 e. The number of hydrogen-bond acceptors (Lipinski definition) is 32. The van der Waals surface area contributed by atoms with Crippen molar-refractivity contribution in [3.05, 3.63) is 190 Å². The molecule has 44 heteroatoms. The maximum absolute atomic E-state index is 14.2. The maximum atomic E-state index is 14.2. The Kier molecular flexibility index (Phi) is 47.2. The summed E-state index contributed by atoms with van der Waals surface area (Å²) in [5.41, 5.74) is -4.55. The summed E-state index contributed by atoms with van der Waals surface area (Å²) in [6, 6.07) is 32.7. The van der Waals surface area contributed by atoms with Crippen LogP contribution in [0.4, 0.5) is 40.1 Å². The Morgan fingerprint density at radius 3 is 0.913 bits per heavy atom. The van der Waals surface area contributed by atoms with Crippen molar-refractivity contribution in [1.29, 1.82) is 0 Å². The summed E-state index contributed by atoms with van der Waals surface area (Å²) in [6.07, 6.45) is -7.12. The summed E-state index contributed by atoms with van der Waals surface area (Å²) >= 11 is 0. The molecule has 818 valence electrons. The number of hydrogen-bond donors (Lipinski definition) is 8. The van der Waals surface area contributed by atoms with Crippen LogP contribution in [0.2, 0.25) is 0 Å². The van der Waals surface area contributed by atoms with Gasteiger partial charge in [0.2, 0.25) is 35.5 Å². The van der Waals surface area contributed by atoms with E-state index in [9.17, 15) is 76.7 Å². The number of carbonyl (C=O) groups is 16. The molecular formula is C106H142N12O32. The van der Waals surface area contributed by atoms with Gasteiger partial charge in [0.15, 0.2) is 0 Å². The van der Waals surface area contributed by atoms with Crippen LogP contribution in [0.25, 0.3) is 0 Å².